The largest absolute Gasteiger partial charge is 0.464 e. The molecule has 1 atom stereocenters. The van der Waals surface area contributed by atoms with E-state index in [2.05, 4.69) is 20.0 Å². The van der Waals surface area contributed by atoms with Crippen LogP contribution in [0.2, 0.25) is 0 Å². The Morgan fingerprint density at radius 1 is 1.30 bits per heavy atom. The molecule has 1 aliphatic rings. The van der Waals surface area contributed by atoms with E-state index < -0.39 is 17.7 Å². The summed E-state index contributed by atoms with van der Waals surface area (Å²) in [6.07, 6.45) is 3.29. The van der Waals surface area contributed by atoms with Crippen LogP contribution < -0.4 is 10.2 Å². The smallest absolute Gasteiger partial charge is 0.407 e. The molecule has 1 fully saturated rings. The Hall–Kier alpha value is -2.38. The lowest BCUT2D eigenvalue weighted by molar-refractivity contribution is 0.0507. The molecule has 126 valence electrons. The third-order valence-corrected chi connectivity index (χ3v) is 3.27. The monoisotopic (exact) mass is 322 g/mol. The molecule has 8 heteroatoms. The summed E-state index contributed by atoms with van der Waals surface area (Å²) in [5.74, 6) is 0.140. The van der Waals surface area contributed by atoms with Crippen molar-refractivity contribution in [3.05, 3.63) is 18.1 Å². The third kappa shape index (κ3) is 4.80. The number of amides is 1. The molecule has 0 spiro atoms. The Kier molecular flexibility index (Phi) is 5.02. The van der Waals surface area contributed by atoms with Crippen LogP contribution in [0, 0.1) is 0 Å². The zero-order valence-electron chi connectivity index (χ0n) is 13.8. The lowest BCUT2D eigenvalue weighted by atomic mass is 10.2. The van der Waals surface area contributed by atoms with Gasteiger partial charge in [-0.1, -0.05) is 0 Å². The molecule has 0 radical (unpaired) electrons. The molecule has 0 aromatic carbocycles. The van der Waals surface area contributed by atoms with Crippen LogP contribution in [0.5, 0.6) is 0 Å². The number of hydrogen-bond donors (Lipinski definition) is 1. The number of alkyl carbamates (subject to hydrolysis) is 1. The predicted octanol–water partition coefficient (Wildman–Crippen LogP) is 1.37. The average Bonchev–Trinajstić information content (AvgIpc) is 2.93. The van der Waals surface area contributed by atoms with Crippen LogP contribution in [0.15, 0.2) is 12.4 Å². The van der Waals surface area contributed by atoms with E-state index in [1.807, 2.05) is 25.7 Å². The minimum atomic E-state index is -0.519. The van der Waals surface area contributed by atoms with Gasteiger partial charge in [-0.2, -0.15) is 0 Å². The van der Waals surface area contributed by atoms with Crippen molar-refractivity contribution in [2.75, 3.05) is 25.1 Å². The maximum atomic E-state index is 11.8. The first-order valence-electron chi connectivity index (χ1n) is 7.43. The summed E-state index contributed by atoms with van der Waals surface area (Å²) < 4.78 is 9.83. The van der Waals surface area contributed by atoms with Gasteiger partial charge in [-0.25, -0.2) is 19.6 Å². The van der Waals surface area contributed by atoms with Gasteiger partial charge in [0.1, 0.15) is 11.4 Å². The van der Waals surface area contributed by atoms with E-state index in [9.17, 15) is 9.59 Å². The predicted molar refractivity (Wildman–Crippen MR) is 83.4 cm³/mol. The molecule has 0 aliphatic carbocycles. The number of nitrogens with one attached hydrogen (secondary N) is 1. The van der Waals surface area contributed by atoms with Crippen molar-refractivity contribution >= 4 is 17.9 Å². The molecule has 1 aromatic heterocycles. The summed E-state index contributed by atoms with van der Waals surface area (Å²) >= 11 is 0. The third-order valence-electron chi connectivity index (χ3n) is 3.27. The molecule has 8 nitrogen and oxygen atoms in total. The van der Waals surface area contributed by atoms with E-state index in [1.54, 1.807) is 0 Å². The van der Waals surface area contributed by atoms with E-state index in [4.69, 9.17) is 4.74 Å². The van der Waals surface area contributed by atoms with Crippen LogP contribution in [0.1, 0.15) is 37.7 Å². The van der Waals surface area contributed by atoms with E-state index >= 15 is 0 Å². The Morgan fingerprint density at radius 2 is 2.04 bits per heavy atom. The maximum Gasteiger partial charge on any atom is 0.407 e. The van der Waals surface area contributed by atoms with E-state index in [1.165, 1.54) is 19.5 Å². The molecule has 1 amide bonds. The number of hydrogen-bond acceptors (Lipinski definition) is 7. The molecule has 0 bridgehead atoms. The van der Waals surface area contributed by atoms with Gasteiger partial charge in [0.25, 0.3) is 0 Å². The minimum absolute atomic E-state index is 0.00747. The Morgan fingerprint density at radius 3 is 2.61 bits per heavy atom. The van der Waals surface area contributed by atoms with Gasteiger partial charge in [-0.15, -0.1) is 0 Å². The number of aromatic nitrogens is 2. The molecule has 1 N–H and O–H groups in total. The van der Waals surface area contributed by atoms with Crippen LogP contribution in [-0.4, -0.2) is 53.9 Å². The Balaban J connectivity index is 1.90. The maximum absolute atomic E-state index is 11.8. The number of esters is 1. The van der Waals surface area contributed by atoms with Gasteiger partial charge in [-0.05, 0) is 27.2 Å². The Bertz CT molecular complexity index is 568. The van der Waals surface area contributed by atoms with E-state index in [-0.39, 0.29) is 11.7 Å². The quantitative estimate of drug-likeness (QED) is 0.840. The molecule has 1 aromatic rings. The fourth-order valence-corrected chi connectivity index (χ4v) is 2.25. The number of methoxy groups -OCH3 is 1. The van der Waals surface area contributed by atoms with Crippen LogP contribution in [0.3, 0.4) is 0 Å². The highest BCUT2D eigenvalue weighted by Gasteiger charge is 2.27. The van der Waals surface area contributed by atoms with Gasteiger partial charge >= 0.3 is 12.1 Å². The van der Waals surface area contributed by atoms with E-state index in [0.717, 1.165) is 13.0 Å². The SMILES string of the molecule is COC(=O)c1cnc(N2CC[C@@H](NC(=O)OC(C)(C)C)C2)cn1. The van der Waals surface area contributed by atoms with Crippen molar-refractivity contribution < 1.29 is 19.1 Å². The number of rotatable bonds is 3. The highest BCUT2D eigenvalue weighted by Crippen LogP contribution is 2.18. The van der Waals surface area contributed by atoms with Gasteiger partial charge in [0.15, 0.2) is 5.69 Å². The van der Waals surface area contributed by atoms with Crippen LogP contribution in [0.4, 0.5) is 10.6 Å². The van der Waals surface area contributed by atoms with Crippen molar-refractivity contribution in [3.63, 3.8) is 0 Å². The van der Waals surface area contributed by atoms with Gasteiger partial charge < -0.3 is 19.7 Å². The number of ether oxygens (including phenoxy) is 2. The van der Waals surface area contributed by atoms with Gasteiger partial charge in [0.2, 0.25) is 0 Å². The molecule has 1 saturated heterocycles. The molecule has 2 heterocycles. The fourth-order valence-electron chi connectivity index (χ4n) is 2.25. The number of nitrogens with zero attached hydrogens (tertiary/aromatic N) is 3. The summed E-state index contributed by atoms with van der Waals surface area (Å²) in [4.78, 5) is 33.4. The topological polar surface area (TPSA) is 93.7 Å². The highest BCUT2D eigenvalue weighted by molar-refractivity contribution is 5.86. The molecule has 1 aliphatic heterocycles. The summed E-state index contributed by atoms with van der Waals surface area (Å²) in [6.45, 7) is 6.84. The molecule has 23 heavy (non-hydrogen) atoms. The lowest BCUT2D eigenvalue weighted by Crippen LogP contribution is -2.40. The molecular weight excluding hydrogens is 300 g/mol. The normalized spacial score (nSPS) is 17.7. The summed E-state index contributed by atoms with van der Waals surface area (Å²) in [7, 11) is 1.30. The van der Waals surface area contributed by atoms with Crippen molar-refractivity contribution in [2.24, 2.45) is 0 Å². The van der Waals surface area contributed by atoms with Crippen molar-refractivity contribution in [3.8, 4) is 0 Å². The molecule has 0 saturated carbocycles. The highest BCUT2D eigenvalue weighted by atomic mass is 16.6. The number of carbonyl (C=O) groups excluding carboxylic acids is 2. The van der Waals surface area contributed by atoms with Gasteiger partial charge in [-0.3, -0.25) is 0 Å². The molecular formula is C15H22N4O4. The second-order valence-electron chi connectivity index (χ2n) is 6.33. The standard InChI is InChI=1S/C15H22N4O4/c1-15(2,3)23-14(21)18-10-5-6-19(9-10)12-8-16-11(7-17-12)13(20)22-4/h7-8,10H,5-6,9H2,1-4H3,(H,18,21)/t10-/m1/s1. The van der Waals surface area contributed by atoms with E-state index in [0.29, 0.717) is 12.4 Å². The zero-order chi connectivity index (χ0) is 17.0. The second kappa shape index (κ2) is 6.80. The van der Waals surface area contributed by atoms with Gasteiger partial charge in [0, 0.05) is 13.1 Å². The van der Waals surface area contributed by atoms with Crippen molar-refractivity contribution in [1.82, 2.24) is 15.3 Å². The number of carbonyl (C=O) groups is 2. The summed E-state index contributed by atoms with van der Waals surface area (Å²) in [5.41, 5.74) is -0.351. The van der Waals surface area contributed by atoms with Crippen LogP contribution in [0.25, 0.3) is 0 Å². The summed E-state index contributed by atoms with van der Waals surface area (Å²) in [5, 5.41) is 2.85. The van der Waals surface area contributed by atoms with Crippen molar-refractivity contribution in [1.29, 1.82) is 0 Å². The lowest BCUT2D eigenvalue weighted by Gasteiger charge is -2.22. The van der Waals surface area contributed by atoms with Crippen molar-refractivity contribution in [2.45, 2.75) is 38.8 Å². The zero-order valence-corrected chi connectivity index (χ0v) is 13.8. The molecule has 2 rings (SSSR count). The average molecular weight is 322 g/mol. The fraction of sp³-hybridized carbons (Fsp3) is 0.600. The first-order valence-corrected chi connectivity index (χ1v) is 7.43. The van der Waals surface area contributed by atoms with Crippen LogP contribution in [-0.2, 0) is 9.47 Å². The van der Waals surface area contributed by atoms with Gasteiger partial charge in [0.05, 0.1) is 25.5 Å². The first kappa shape index (κ1) is 17.0. The second-order valence-corrected chi connectivity index (χ2v) is 6.33. The first-order chi connectivity index (χ1) is 10.8. The minimum Gasteiger partial charge on any atom is -0.464 e. The summed E-state index contributed by atoms with van der Waals surface area (Å²) in [6, 6.07) is -0.00747. The Labute approximate surface area is 135 Å². The van der Waals surface area contributed by atoms with Crippen LogP contribution >= 0.6 is 0 Å². The number of anilines is 1. The molecule has 0 unspecified atom stereocenters.